The molecule has 0 aliphatic heterocycles. The minimum absolute atomic E-state index is 0.0433. The predicted octanol–water partition coefficient (Wildman–Crippen LogP) is 6.24. The topological polar surface area (TPSA) is 71.3 Å². The number of nitrogens with zero attached hydrogens (tertiary/aromatic N) is 1. The summed E-state index contributed by atoms with van der Waals surface area (Å²) in [5.74, 6) is 3.07. The first-order chi connectivity index (χ1) is 16.0. The monoisotopic (exact) mass is 520 g/mol. The van der Waals surface area contributed by atoms with E-state index in [4.69, 9.17) is 27.5 Å². The number of hydrogen-bond donors (Lipinski definition) is 1. The summed E-state index contributed by atoms with van der Waals surface area (Å²) in [6.45, 7) is 0.471. The molecule has 5 nitrogen and oxygen atoms in total. The quantitative estimate of drug-likeness (QED) is 0.216. The maximum atomic E-state index is 12.6. The molecule has 0 aliphatic carbocycles. The van der Waals surface area contributed by atoms with Gasteiger partial charge in [-0.05, 0) is 70.0 Å². The first-order valence-corrected chi connectivity index (χ1v) is 10.9. The molecule has 0 fully saturated rings. The number of hydrogen-bond acceptors (Lipinski definition) is 4. The zero-order valence-electron chi connectivity index (χ0n) is 17.3. The molecule has 7 heteroatoms. The van der Waals surface area contributed by atoms with Gasteiger partial charge in [-0.3, -0.25) is 4.79 Å². The molecule has 1 N–H and O–H groups in total. The van der Waals surface area contributed by atoms with Crippen LogP contribution in [-0.2, 0) is 11.4 Å². The van der Waals surface area contributed by atoms with Gasteiger partial charge >= 0.3 is 0 Å². The highest BCUT2D eigenvalue weighted by Crippen LogP contribution is 2.27. The highest BCUT2D eigenvalue weighted by Gasteiger charge is 2.11. The second kappa shape index (κ2) is 11.8. The average Bonchev–Trinajstić information content (AvgIpc) is 2.82. The molecule has 3 aromatic rings. The van der Waals surface area contributed by atoms with Gasteiger partial charge in [-0.1, -0.05) is 41.8 Å². The summed E-state index contributed by atoms with van der Waals surface area (Å²) in [4.78, 5) is 12.6. The normalized spacial score (nSPS) is 10.6. The van der Waals surface area contributed by atoms with Crippen molar-refractivity contribution in [2.45, 2.75) is 6.61 Å². The van der Waals surface area contributed by atoms with Crippen molar-refractivity contribution in [2.24, 2.45) is 0 Å². The Kier molecular flexibility index (Phi) is 8.55. The maximum Gasteiger partial charge on any atom is 0.266 e. The number of carbonyl (C=O) groups is 1. The Bertz CT molecular complexity index is 1260. The molecule has 0 heterocycles. The Labute approximate surface area is 205 Å². The fraction of sp³-hybridized carbons (Fsp3) is 0.0769. The van der Waals surface area contributed by atoms with Crippen molar-refractivity contribution in [3.05, 3.63) is 92.9 Å². The second-order valence-electron chi connectivity index (χ2n) is 6.71. The van der Waals surface area contributed by atoms with Crippen molar-refractivity contribution in [2.75, 3.05) is 11.9 Å². The van der Waals surface area contributed by atoms with Crippen LogP contribution in [0.3, 0.4) is 0 Å². The van der Waals surface area contributed by atoms with Crippen LogP contribution in [-0.4, -0.2) is 12.5 Å². The van der Waals surface area contributed by atoms with E-state index in [9.17, 15) is 10.1 Å². The molecule has 0 bridgehead atoms. The highest BCUT2D eigenvalue weighted by molar-refractivity contribution is 9.10. The number of amides is 1. The molecular weight excluding hydrogens is 504 g/mol. The minimum atomic E-state index is -0.522. The summed E-state index contributed by atoms with van der Waals surface area (Å²) in [6, 6.07) is 21.4. The van der Waals surface area contributed by atoms with Crippen LogP contribution in [0.25, 0.3) is 6.08 Å². The number of rotatable bonds is 8. The Hall–Kier alpha value is -3.71. The van der Waals surface area contributed by atoms with E-state index in [-0.39, 0.29) is 12.2 Å². The third kappa shape index (κ3) is 6.89. The first-order valence-electron chi connectivity index (χ1n) is 9.75. The Morgan fingerprint density at radius 3 is 2.55 bits per heavy atom. The summed E-state index contributed by atoms with van der Waals surface area (Å²) in [5.41, 5.74) is 2.02. The standard InChI is InChI=1S/C26H18BrClN2O3/c1-2-13-32-25-12-7-18(15-23(25)27)14-20(16-29)26(31)30-21-8-10-22(11-9-21)33-17-19-5-3-4-6-24(19)28/h1,3-12,14-15H,13,17H2,(H,30,31)/b20-14+. The maximum absolute atomic E-state index is 12.6. The molecule has 0 atom stereocenters. The summed E-state index contributed by atoms with van der Waals surface area (Å²) < 4.78 is 11.8. The molecule has 0 saturated heterocycles. The molecule has 33 heavy (non-hydrogen) atoms. The molecule has 3 rings (SSSR count). The predicted molar refractivity (Wildman–Crippen MR) is 133 cm³/mol. The van der Waals surface area contributed by atoms with Crippen LogP contribution < -0.4 is 14.8 Å². The highest BCUT2D eigenvalue weighted by atomic mass is 79.9. The molecule has 1 amide bonds. The molecule has 164 valence electrons. The van der Waals surface area contributed by atoms with E-state index in [1.807, 2.05) is 24.3 Å². The zero-order chi connectivity index (χ0) is 23.6. The number of nitriles is 1. The van der Waals surface area contributed by atoms with Crippen molar-refractivity contribution < 1.29 is 14.3 Å². The van der Waals surface area contributed by atoms with Crippen LogP contribution >= 0.6 is 27.5 Å². The van der Waals surface area contributed by atoms with E-state index in [0.717, 1.165) is 5.56 Å². The Morgan fingerprint density at radius 1 is 1.12 bits per heavy atom. The van der Waals surface area contributed by atoms with Gasteiger partial charge in [0.2, 0.25) is 0 Å². The van der Waals surface area contributed by atoms with Gasteiger partial charge in [0.15, 0.2) is 0 Å². The number of nitrogens with one attached hydrogen (secondary N) is 1. The van der Waals surface area contributed by atoms with E-state index in [1.165, 1.54) is 6.08 Å². The van der Waals surface area contributed by atoms with Gasteiger partial charge in [0.05, 0.1) is 4.47 Å². The van der Waals surface area contributed by atoms with Crippen LogP contribution in [0.5, 0.6) is 11.5 Å². The summed E-state index contributed by atoms with van der Waals surface area (Å²) >= 11 is 9.53. The fourth-order valence-corrected chi connectivity index (χ4v) is 3.47. The van der Waals surface area contributed by atoms with Crippen molar-refractivity contribution >= 4 is 45.2 Å². The molecular formula is C26H18BrClN2O3. The molecule has 3 aromatic carbocycles. The molecule has 0 unspecified atom stereocenters. The first kappa shape index (κ1) is 23.9. The summed E-state index contributed by atoms with van der Waals surface area (Å²) in [6.07, 6.45) is 6.69. The number of terminal acetylenes is 1. The van der Waals surface area contributed by atoms with Gasteiger partial charge in [0.1, 0.15) is 36.4 Å². The number of benzene rings is 3. The summed E-state index contributed by atoms with van der Waals surface area (Å²) in [5, 5.41) is 12.8. The smallest absolute Gasteiger partial charge is 0.266 e. The van der Waals surface area contributed by atoms with Gasteiger partial charge in [0.25, 0.3) is 5.91 Å². The largest absolute Gasteiger partial charge is 0.489 e. The number of anilines is 1. The fourth-order valence-electron chi connectivity index (χ4n) is 2.77. The van der Waals surface area contributed by atoms with E-state index in [1.54, 1.807) is 48.5 Å². The van der Waals surface area contributed by atoms with Crippen molar-refractivity contribution in [1.82, 2.24) is 0 Å². The van der Waals surface area contributed by atoms with Crippen LogP contribution in [0.4, 0.5) is 5.69 Å². The minimum Gasteiger partial charge on any atom is -0.489 e. The van der Waals surface area contributed by atoms with Crippen LogP contribution in [0.2, 0.25) is 5.02 Å². The molecule has 0 saturated carbocycles. The SMILES string of the molecule is C#CCOc1ccc(/C=C(\C#N)C(=O)Nc2ccc(OCc3ccccc3Cl)cc2)cc1Br. The van der Waals surface area contributed by atoms with Crippen LogP contribution in [0.1, 0.15) is 11.1 Å². The van der Waals surface area contributed by atoms with Crippen molar-refractivity contribution in [3.63, 3.8) is 0 Å². The zero-order valence-corrected chi connectivity index (χ0v) is 19.7. The van der Waals surface area contributed by atoms with Gasteiger partial charge in [0, 0.05) is 16.3 Å². The number of carbonyl (C=O) groups excluding carboxylic acids is 1. The van der Waals surface area contributed by atoms with E-state index in [2.05, 4.69) is 27.2 Å². The van der Waals surface area contributed by atoms with Gasteiger partial charge in [-0.15, -0.1) is 6.42 Å². The second-order valence-corrected chi connectivity index (χ2v) is 7.97. The van der Waals surface area contributed by atoms with Crippen LogP contribution in [0.15, 0.2) is 76.8 Å². The van der Waals surface area contributed by atoms with Gasteiger partial charge in [-0.25, -0.2) is 0 Å². The molecule has 0 spiro atoms. The van der Waals surface area contributed by atoms with E-state index in [0.29, 0.717) is 38.9 Å². The third-order valence-electron chi connectivity index (χ3n) is 4.41. The molecule has 0 radical (unpaired) electrons. The van der Waals surface area contributed by atoms with E-state index >= 15 is 0 Å². The average molecular weight is 522 g/mol. The lowest BCUT2D eigenvalue weighted by atomic mass is 10.1. The van der Waals surface area contributed by atoms with E-state index < -0.39 is 5.91 Å². The van der Waals surface area contributed by atoms with Crippen LogP contribution in [0, 0.1) is 23.7 Å². The Morgan fingerprint density at radius 2 is 1.88 bits per heavy atom. The molecule has 0 aliphatic rings. The Balaban J connectivity index is 1.63. The lowest BCUT2D eigenvalue weighted by Gasteiger charge is -2.09. The van der Waals surface area contributed by atoms with Gasteiger partial charge < -0.3 is 14.8 Å². The number of ether oxygens (including phenoxy) is 2. The summed E-state index contributed by atoms with van der Waals surface area (Å²) in [7, 11) is 0. The van der Waals surface area contributed by atoms with Crippen molar-refractivity contribution in [3.8, 4) is 29.9 Å². The van der Waals surface area contributed by atoms with Gasteiger partial charge in [-0.2, -0.15) is 5.26 Å². The third-order valence-corrected chi connectivity index (χ3v) is 5.40. The lowest BCUT2D eigenvalue weighted by molar-refractivity contribution is -0.112. The lowest BCUT2D eigenvalue weighted by Crippen LogP contribution is -2.13. The molecule has 0 aromatic heterocycles. The number of halogens is 2. The van der Waals surface area contributed by atoms with Crippen molar-refractivity contribution in [1.29, 1.82) is 5.26 Å².